The predicted octanol–water partition coefficient (Wildman–Crippen LogP) is 1.43. The Hall–Kier alpha value is -1.36. The van der Waals surface area contributed by atoms with Gasteiger partial charge in [-0.2, -0.15) is 13.2 Å². The first-order valence-electron chi connectivity index (χ1n) is 8.23. The van der Waals surface area contributed by atoms with Crippen molar-refractivity contribution < 1.29 is 26.3 Å². The monoisotopic (exact) mass is 395 g/mol. The van der Waals surface area contributed by atoms with E-state index in [1.54, 1.807) is 13.8 Å². The van der Waals surface area contributed by atoms with Gasteiger partial charge in [-0.1, -0.05) is 0 Å². The lowest BCUT2D eigenvalue weighted by Gasteiger charge is -2.35. The van der Waals surface area contributed by atoms with Crippen molar-refractivity contribution in [2.75, 3.05) is 39.8 Å². The van der Waals surface area contributed by atoms with E-state index in [1.807, 2.05) is 0 Å². The number of ether oxygens (including phenoxy) is 1. The molecule has 0 spiro atoms. The van der Waals surface area contributed by atoms with Crippen molar-refractivity contribution in [3.63, 3.8) is 0 Å². The number of methoxy groups -OCH3 is 1. The fourth-order valence-electron chi connectivity index (χ4n) is 3.00. The molecule has 1 atom stereocenters. The largest absolute Gasteiger partial charge is 0.496 e. The minimum atomic E-state index is -4.52. The van der Waals surface area contributed by atoms with E-state index in [-0.39, 0.29) is 18.0 Å². The van der Waals surface area contributed by atoms with Gasteiger partial charge < -0.3 is 10.1 Å². The van der Waals surface area contributed by atoms with Crippen LogP contribution in [0.3, 0.4) is 0 Å². The molecule has 1 aliphatic rings. The van der Waals surface area contributed by atoms with E-state index in [1.165, 1.54) is 24.1 Å². The second-order valence-electron chi connectivity index (χ2n) is 6.21. The molecule has 2 rings (SSSR count). The number of halogens is 3. The van der Waals surface area contributed by atoms with Crippen molar-refractivity contribution in [3.05, 3.63) is 23.3 Å². The number of alkyl halides is 3. The third kappa shape index (κ3) is 4.67. The molecule has 2 N–H and O–H groups in total. The highest BCUT2D eigenvalue weighted by atomic mass is 32.2. The first kappa shape index (κ1) is 20.9. The zero-order valence-corrected chi connectivity index (χ0v) is 15.8. The molecule has 0 aliphatic carbocycles. The first-order valence-corrected chi connectivity index (χ1v) is 9.71. The molecule has 1 aromatic carbocycles. The summed E-state index contributed by atoms with van der Waals surface area (Å²) in [7, 11) is -2.61. The second kappa shape index (κ2) is 8.12. The van der Waals surface area contributed by atoms with Crippen LogP contribution in [-0.4, -0.2) is 65.4 Å². The molecular formula is C16H24F3N3O3S. The van der Waals surface area contributed by atoms with Crippen LogP contribution in [0.1, 0.15) is 11.1 Å². The molecule has 0 amide bonds. The van der Waals surface area contributed by atoms with Gasteiger partial charge in [0.15, 0.2) is 0 Å². The smallest absolute Gasteiger partial charge is 0.405 e. The molecule has 0 aromatic heterocycles. The lowest BCUT2D eigenvalue weighted by molar-refractivity contribution is -0.182. The molecular weight excluding hydrogens is 371 g/mol. The topological polar surface area (TPSA) is 70.7 Å². The Kier molecular flexibility index (Phi) is 6.54. The Morgan fingerprint density at radius 1 is 1.23 bits per heavy atom. The van der Waals surface area contributed by atoms with Gasteiger partial charge in [0.2, 0.25) is 10.0 Å². The Labute approximate surface area is 151 Å². The van der Waals surface area contributed by atoms with Gasteiger partial charge in [-0.15, -0.1) is 0 Å². The fraction of sp³-hybridized carbons (Fsp3) is 0.625. The van der Waals surface area contributed by atoms with Crippen LogP contribution in [0.2, 0.25) is 0 Å². The van der Waals surface area contributed by atoms with Gasteiger partial charge in [-0.25, -0.2) is 13.1 Å². The Morgan fingerprint density at radius 2 is 1.85 bits per heavy atom. The van der Waals surface area contributed by atoms with Gasteiger partial charge in [0.25, 0.3) is 0 Å². The molecule has 1 heterocycles. The minimum Gasteiger partial charge on any atom is -0.496 e. The lowest BCUT2D eigenvalue weighted by atomic mass is 10.1. The highest BCUT2D eigenvalue weighted by Gasteiger charge is 2.44. The molecule has 1 saturated heterocycles. The summed E-state index contributed by atoms with van der Waals surface area (Å²) in [4.78, 5) is 1.21. The van der Waals surface area contributed by atoms with Gasteiger partial charge in [-0.05, 0) is 37.1 Å². The van der Waals surface area contributed by atoms with Gasteiger partial charge in [0, 0.05) is 32.7 Å². The number of hydrogen-bond donors (Lipinski definition) is 2. The molecule has 10 heteroatoms. The first-order chi connectivity index (χ1) is 12.1. The number of benzene rings is 1. The van der Waals surface area contributed by atoms with E-state index in [4.69, 9.17) is 4.74 Å². The third-order valence-electron chi connectivity index (χ3n) is 4.63. The van der Waals surface area contributed by atoms with Gasteiger partial charge in [0.1, 0.15) is 11.8 Å². The van der Waals surface area contributed by atoms with E-state index in [2.05, 4.69) is 10.0 Å². The zero-order valence-electron chi connectivity index (χ0n) is 15.0. The van der Waals surface area contributed by atoms with Crippen molar-refractivity contribution >= 4 is 10.0 Å². The molecule has 1 aromatic rings. The summed E-state index contributed by atoms with van der Waals surface area (Å²) in [5.74, 6) is 0.524. The van der Waals surface area contributed by atoms with Crippen LogP contribution >= 0.6 is 0 Å². The zero-order chi connectivity index (χ0) is 19.5. The molecule has 0 saturated carbocycles. The van der Waals surface area contributed by atoms with E-state index in [0.29, 0.717) is 30.0 Å². The van der Waals surface area contributed by atoms with Crippen LogP contribution in [0.25, 0.3) is 0 Å². The molecule has 26 heavy (non-hydrogen) atoms. The number of sulfonamides is 1. The Morgan fingerprint density at radius 3 is 2.38 bits per heavy atom. The SMILES string of the molecule is COc1ccc(S(=O)(=O)NCC(N2CCNCC2)C(F)(F)F)c(C)c1C. The van der Waals surface area contributed by atoms with Crippen molar-refractivity contribution in [1.29, 1.82) is 0 Å². The maximum Gasteiger partial charge on any atom is 0.405 e. The maximum atomic E-state index is 13.4. The summed E-state index contributed by atoms with van der Waals surface area (Å²) in [6, 6.07) is 0.977. The summed E-state index contributed by atoms with van der Waals surface area (Å²) in [5, 5.41) is 2.98. The van der Waals surface area contributed by atoms with Gasteiger partial charge >= 0.3 is 6.18 Å². The summed E-state index contributed by atoms with van der Waals surface area (Å²) in [6.07, 6.45) is -4.52. The van der Waals surface area contributed by atoms with Crippen molar-refractivity contribution in [3.8, 4) is 5.75 Å². The van der Waals surface area contributed by atoms with Crippen LogP contribution in [-0.2, 0) is 10.0 Å². The summed E-state index contributed by atoms with van der Waals surface area (Å²) in [5.41, 5.74) is 1.08. The lowest BCUT2D eigenvalue weighted by Crippen LogP contribution is -2.57. The molecule has 1 unspecified atom stereocenters. The highest BCUT2D eigenvalue weighted by Crippen LogP contribution is 2.28. The van der Waals surface area contributed by atoms with Crippen molar-refractivity contribution in [2.24, 2.45) is 0 Å². The van der Waals surface area contributed by atoms with Gasteiger partial charge in [0.05, 0.1) is 12.0 Å². The van der Waals surface area contributed by atoms with Crippen LogP contribution in [0.5, 0.6) is 5.75 Å². The normalized spacial score (nSPS) is 17.9. The molecule has 0 radical (unpaired) electrons. The molecule has 1 aliphatic heterocycles. The third-order valence-corrected chi connectivity index (χ3v) is 6.20. The maximum absolute atomic E-state index is 13.4. The van der Waals surface area contributed by atoms with Crippen LogP contribution in [0.15, 0.2) is 17.0 Å². The Balaban J connectivity index is 2.21. The fourth-order valence-corrected chi connectivity index (χ4v) is 4.33. The highest BCUT2D eigenvalue weighted by molar-refractivity contribution is 7.89. The van der Waals surface area contributed by atoms with Crippen LogP contribution in [0, 0.1) is 13.8 Å². The summed E-state index contributed by atoms with van der Waals surface area (Å²) < 4.78 is 72.6. The number of hydrogen-bond acceptors (Lipinski definition) is 5. The second-order valence-corrected chi connectivity index (χ2v) is 7.95. The summed E-state index contributed by atoms with van der Waals surface area (Å²) >= 11 is 0. The Bertz CT molecular complexity index is 732. The van der Waals surface area contributed by atoms with Crippen molar-refractivity contribution in [2.45, 2.75) is 31.0 Å². The molecule has 1 fully saturated rings. The number of nitrogens with one attached hydrogen (secondary N) is 2. The standard InChI is InChI=1S/C16H24F3N3O3S/c1-11-12(2)14(5-4-13(11)25-3)26(23,24)21-10-15(16(17,18)19)22-8-6-20-7-9-22/h4-5,15,20-21H,6-10H2,1-3H3. The number of nitrogens with zero attached hydrogens (tertiary/aromatic N) is 1. The quantitative estimate of drug-likeness (QED) is 0.763. The number of piperazine rings is 1. The summed E-state index contributed by atoms with van der Waals surface area (Å²) in [6.45, 7) is 3.89. The van der Waals surface area contributed by atoms with E-state index < -0.39 is 28.8 Å². The molecule has 6 nitrogen and oxygen atoms in total. The minimum absolute atomic E-state index is 0.0444. The average molecular weight is 395 g/mol. The van der Waals surface area contributed by atoms with Crippen LogP contribution in [0.4, 0.5) is 13.2 Å². The number of rotatable bonds is 6. The molecule has 148 valence electrons. The van der Waals surface area contributed by atoms with Crippen LogP contribution < -0.4 is 14.8 Å². The predicted molar refractivity (Wildman–Crippen MR) is 91.9 cm³/mol. The van der Waals surface area contributed by atoms with E-state index >= 15 is 0 Å². The van der Waals surface area contributed by atoms with Gasteiger partial charge in [-0.3, -0.25) is 4.90 Å². The van der Waals surface area contributed by atoms with E-state index in [9.17, 15) is 21.6 Å². The van der Waals surface area contributed by atoms with E-state index in [0.717, 1.165) is 0 Å². The average Bonchev–Trinajstić information content (AvgIpc) is 2.57. The van der Waals surface area contributed by atoms with Crippen molar-refractivity contribution in [1.82, 2.24) is 14.9 Å². The molecule has 0 bridgehead atoms.